The smallest absolute Gasteiger partial charge is 0.0648 e. The highest BCUT2D eigenvalue weighted by Gasteiger charge is 2.28. The predicted octanol–water partition coefficient (Wildman–Crippen LogP) is 3.99. The normalized spacial score (nSPS) is 19.2. The number of thiol groups is 1. The highest BCUT2D eigenvalue weighted by molar-refractivity contribution is 7.80. The third-order valence-corrected chi connectivity index (χ3v) is 4.30. The van der Waals surface area contributed by atoms with E-state index in [9.17, 15) is 5.11 Å². The van der Waals surface area contributed by atoms with Crippen LogP contribution >= 0.6 is 12.6 Å². The van der Waals surface area contributed by atoms with Gasteiger partial charge < -0.3 is 5.11 Å². The maximum Gasteiger partial charge on any atom is 0.0648 e. The Balaban J connectivity index is 1.81. The molecule has 0 spiro atoms. The van der Waals surface area contributed by atoms with Gasteiger partial charge in [-0.15, -0.1) is 12.6 Å². The van der Waals surface area contributed by atoms with Gasteiger partial charge in [0.1, 0.15) is 0 Å². The third kappa shape index (κ3) is 3.75. The summed E-state index contributed by atoms with van der Waals surface area (Å²) in [6, 6.07) is 8.24. The Kier molecular flexibility index (Phi) is 4.52. The van der Waals surface area contributed by atoms with Crippen molar-refractivity contribution in [1.82, 2.24) is 0 Å². The lowest BCUT2D eigenvalue weighted by atomic mass is 9.81. The predicted molar refractivity (Wildman–Crippen MR) is 74.7 cm³/mol. The molecule has 0 aliphatic heterocycles. The van der Waals surface area contributed by atoms with Gasteiger partial charge in [0.25, 0.3) is 0 Å². The molecule has 1 saturated carbocycles. The highest BCUT2D eigenvalue weighted by Crippen LogP contribution is 2.32. The number of rotatable bonds is 4. The molecular weight excluding hydrogens is 228 g/mol. The first-order valence-electron chi connectivity index (χ1n) is 6.69. The molecule has 94 valence electrons. The van der Waals surface area contributed by atoms with Crippen LogP contribution in [0, 0.1) is 0 Å². The molecule has 0 atom stereocenters. The summed E-state index contributed by atoms with van der Waals surface area (Å²) >= 11 is 4.46. The molecule has 1 aromatic rings. The molecule has 0 aromatic heterocycles. The average molecular weight is 250 g/mol. The fraction of sp³-hybridized carbons (Fsp3) is 0.600. The molecule has 17 heavy (non-hydrogen) atoms. The molecule has 1 N–H and O–H groups in total. The van der Waals surface area contributed by atoms with Crippen molar-refractivity contribution in [3.05, 3.63) is 29.8 Å². The lowest BCUT2D eigenvalue weighted by Gasteiger charge is -2.32. The Morgan fingerprint density at radius 2 is 1.82 bits per heavy atom. The standard InChI is InChI=1S/C15H22OS/c16-15(10-4-1-5-11-15)12-6-8-13-7-2-3-9-14(13)17/h2-3,7,9,16-17H,1,4-6,8,10-12H2. The van der Waals surface area contributed by atoms with Gasteiger partial charge in [-0.25, -0.2) is 0 Å². The highest BCUT2D eigenvalue weighted by atomic mass is 32.1. The maximum atomic E-state index is 10.4. The van der Waals surface area contributed by atoms with Gasteiger partial charge in [-0.05, 0) is 43.7 Å². The van der Waals surface area contributed by atoms with Crippen molar-refractivity contribution < 1.29 is 5.11 Å². The summed E-state index contributed by atoms with van der Waals surface area (Å²) in [6.07, 6.45) is 8.71. The van der Waals surface area contributed by atoms with E-state index in [0.29, 0.717) is 0 Å². The molecule has 1 aromatic carbocycles. The first kappa shape index (κ1) is 13.0. The van der Waals surface area contributed by atoms with E-state index < -0.39 is 0 Å². The van der Waals surface area contributed by atoms with Gasteiger partial charge in [0.05, 0.1) is 5.60 Å². The van der Waals surface area contributed by atoms with Crippen molar-refractivity contribution in [3.63, 3.8) is 0 Å². The van der Waals surface area contributed by atoms with Gasteiger partial charge >= 0.3 is 0 Å². The van der Waals surface area contributed by atoms with E-state index >= 15 is 0 Å². The van der Waals surface area contributed by atoms with E-state index in [0.717, 1.165) is 37.0 Å². The van der Waals surface area contributed by atoms with E-state index in [2.05, 4.69) is 24.8 Å². The summed E-state index contributed by atoms with van der Waals surface area (Å²) in [7, 11) is 0. The molecule has 0 radical (unpaired) electrons. The summed E-state index contributed by atoms with van der Waals surface area (Å²) < 4.78 is 0. The lowest BCUT2D eigenvalue weighted by molar-refractivity contribution is -0.00529. The van der Waals surface area contributed by atoms with Crippen LogP contribution in [-0.4, -0.2) is 10.7 Å². The minimum Gasteiger partial charge on any atom is -0.390 e. The summed E-state index contributed by atoms with van der Waals surface area (Å²) in [5, 5.41) is 10.4. The summed E-state index contributed by atoms with van der Waals surface area (Å²) in [4.78, 5) is 1.07. The fourth-order valence-electron chi connectivity index (χ4n) is 2.79. The van der Waals surface area contributed by atoms with Crippen molar-refractivity contribution in [2.75, 3.05) is 0 Å². The van der Waals surface area contributed by atoms with Gasteiger partial charge in [0.2, 0.25) is 0 Å². The van der Waals surface area contributed by atoms with Crippen LogP contribution in [0.4, 0.5) is 0 Å². The van der Waals surface area contributed by atoms with Crippen molar-refractivity contribution in [3.8, 4) is 0 Å². The quantitative estimate of drug-likeness (QED) is 0.774. The Morgan fingerprint density at radius 1 is 1.12 bits per heavy atom. The van der Waals surface area contributed by atoms with Gasteiger partial charge in [0, 0.05) is 4.90 Å². The molecule has 2 rings (SSSR count). The van der Waals surface area contributed by atoms with Crippen LogP contribution in [-0.2, 0) is 6.42 Å². The molecule has 1 fully saturated rings. The van der Waals surface area contributed by atoms with Crippen molar-refractivity contribution >= 4 is 12.6 Å². The van der Waals surface area contributed by atoms with Crippen LogP contribution in [0.2, 0.25) is 0 Å². The van der Waals surface area contributed by atoms with Gasteiger partial charge in [-0.1, -0.05) is 37.5 Å². The lowest BCUT2D eigenvalue weighted by Crippen LogP contribution is -2.31. The zero-order valence-corrected chi connectivity index (χ0v) is 11.3. The second kappa shape index (κ2) is 5.92. The minimum atomic E-state index is -0.371. The van der Waals surface area contributed by atoms with E-state index in [1.165, 1.54) is 24.8 Å². The Labute approximate surface area is 110 Å². The SMILES string of the molecule is OC1(CCCc2ccccc2S)CCCCC1. The van der Waals surface area contributed by atoms with Crippen LogP contribution < -0.4 is 0 Å². The molecule has 1 aliphatic rings. The third-order valence-electron chi connectivity index (χ3n) is 3.86. The van der Waals surface area contributed by atoms with Crippen LogP contribution in [0.1, 0.15) is 50.5 Å². The molecule has 0 bridgehead atoms. The molecule has 0 saturated heterocycles. The Morgan fingerprint density at radius 3 is 2.53 bits per heavy atom. The second-order valence-electron chi connectivity index (χ2n) is 5.27. The molecule has 2 heteroatoms. The van der Waals surface area contributed by atoms with Gasteiger partial charge in [0.15, 0.2) is 0 Å². The van der Waals surface area contributed by atoms with E-state index in [1.807, 2.05) is 12.1 Å². The zero-order chi connectivity index (χ0) is 12.1. The topological polar surface area (TPSA) is 20.2 Å². The second-order valence-corrected chi connectivity index (χ2v) is 5.75. The van der Waals surface area contributed by atoms with E-state index in [4.69, 9.17) is 0 Å². The molecule has 1 nitrogen and oxygen atoms in total. The van der Waals surface area contributed by atoms with Crippen LogP contribution in [0.3, 0.4) is 0 Å². The molecule has 0 amide bonds. The van der Waals surface area contributed by atoms with Gasteiger partial charge in [-0.3, -0.25) is 0 Å². The zero-order valence-electron chi connectivity index (χ0n) is 10.4. The Bertz CT molecular complexity index is 356. The number of hydrogen-bond acceptors (Lipinski definition) is 2. The number of hydrogen-bond donors (Lipinski definition) is 2. The fourth-order valence-corrected chi connectivity index (χ4v) is 3.06. The van der Waals surface area contributed by atoms with Crippen molar-refractivity contribution in [1.29, 1.82) is 0 Å². The Hall–Kier alpha value is -0.470. The summed E-state index contributed by atoms with van der Waals surface area (Å²) in [5.74, 6) is 0. The van der Waals surface area contributed by atoms with Gasteiger partial charge in [-0.2, -0.15) is 0 Å². The number of benzene rings is 1. The summed E-state index contributed by atoms with van der Waals surface area (Å²) in [5.41, 5.74) is 0.930. The summed E-state index contributed by atoms with van der Waals surface area (Å²) in [6.45, 7) is 0. The van der Waals surface area contributed by atoms with Crippen LogP contribution in [0.15, 0.2) is 29.2 Å². The van der Waals surface area contributed by atoms with E-state index in [-0.39, 0.29) is 5.60 Å². The maximum absolute atomic E-state index is 10.4. The molecule has 0 unspecified atom stereocenters. The van der Waals surface area contributed by atoms with Crippen LogP contribution in [0.25, 0.3) is 0 Å². The molecule has 1 aliphatic carbocycles. The van der Waals surface area contributed by atoms with Crippen molar-refractivity contribution in [2.45, 2.75) is 61.9 Å². The monoisotopic (exact) mass is 250 g/mol. The number of aryl methyl sites for hydroxylation is 1. The molecular formula is C15H22OS. The average Bonchev–Trinajstić information content (AvgIpc) is 2.32. The van der Waals surface area contributed by atoms with Crippen molar-refractivity contribution in [2.24, 2.45) is 0 Å². The number of aliphatic hydroxyl groups is 1. The van der Waals surface area contributed by atoms with E-state index in [1.54, 1.807) is 0 Å². The first-order valence-corrected chi connectivity index (χ1v) is 7.14. The minimum absolute atomic E-state index is 0.371. The molecule has 0 heterocycles. The largest absolute Gasteiger partial charge is 0.390 e. The van der Waals surface area contributed by atoms with Crippen LogP contribution in [0.5, 0.6) is 0 Å². The first-order chi connectivity index (χ1) is 8.20.